The molecule has 1 heterocycles. The Bertz CT molecular complexity index is 1250. The molecule has 1 aromatic heterocycles. The average molecular weight is 372 g/mol. The van der Waals surface area contributed by atoms with Gasteiger partial charge in [0.15, 0.2) is 0 Å². The number of fused-ring (bicyclic) bond motifs is 1. The number of rotatable bonds is 4. The maximum Gasteiger partial charge on any atom is 0.292 e. The van der Waals surface area contributed by atoms with Crippen LogP contribution in [0.3, 0.4) is 0 Å². The van der Waals surface area contributed by atoms with Gasteiger partial charge in [-0.3, -0.25) is 19.5 Å². The Hall–Kier alpha value is -4.00. The van der Waals surface area contributed by atoms with Gasteiger partial charge in [-0.15, -0.1) is 0 Å². The Morgan fingerprint density at radius 2 is 1.71 bits per heavy atom. The maximum atomic E-state index is 12.9. The molecule has 0 atom stereocenters. The Kier molecular flexibility index (Phi) is 4.33. The molecule has 0 saturated carbocycles. The van der Waals surface area contributed by atoms with Crippen LogP contribution >= 0.6 is 0 Å². The molecule has 0 aliphatic rings. The fourth-order valence-electron chi connectivity index (χ4n) is 3.11. The van der Waals surface area contributed by atoms with Crippen molar-refractivity contribution in [2.24, 2.45) is 0 Å². The summed E-state index contributed by atoms with van der Waals surface area (Å²) in [5, 5.41) is 11.6. The zero-order valence-corrected chi connectivity index (χ0v) is 14.8. The van der Waals surface area contributed by atoms with Gasteiger partial charge in [-0.25, -0.2) is 4.98 Å². The van der Waals surface area contributed by atoms with Crippen molar-refractivity contribution in [3.05, 3.63) is 99.1 Å². The van der Waals surface area contributed by atoms with Gasteiger partial charge < -0.3 is 5.73 Å². The number of hydrogen-bond acceptors (Lipinski definition) is 5. The minimum Gasteiger partial charge on any atom is -0.393 e. The summed E-state index contributed by atoms with van der Waals surface area (Å²) in [6.45, 7) is 0.417. The molecule has 7 heteroatoms. The molecule has 0 aliphatic carbocycles. The van der Waals surface area contributed by atoms with Crippen molar-refractivity contribution >= 4 is 22.3 Å². The van der Waals surface area contributed by atoms with E-state index in [2.05, 4.69) is 4.98 Å². The monoisotopic (exact) mass is 372 g/mol. The third-order valence-electron chi connectivity index (χ3n) is 4.58. The predicted molar refractivity (Wildman–Crippen MR) is 108 cm³/mol. The number of nitrogen functional groups attached to an aromatic ring is 1. The summed E-state index contributed by atoms with van der Waals surface area (Å²) in [6, 6.07) is 19.5. The first-order valence-corrected chi connectivity index (χ1v) is 8.60. The first kappa shape index (κ1) is 17.4. The van der Waals surface area contributed by atoms with Crippen LogP contribution in [-0.2, 0) is 6.54 Å². The molecule has 0 bridgehead atoms. The summed E-state index contributed by atoms with van der Waals surface area (Å²) in [4.78, 5) is 27.9. The van der Waals surface area contributed by atoms with Gasteiger partial charge in [0.05, 0.1) is 28.7 Å². The Morgan fingerprint density at radius 1 is 1.00 bits per heavy atom. The van der Waals surface area contributed by atoms with Gasteiger partial charge in [0.1, 0.15) is 5.69 Å². The van der Waals surface area contributed by atoms with Gasteiger partial charge in [-0.2, -0.15) is 0 Å². The topological polar surface area (TPSA) is 104 Å². The number of nitrogens with zero attached hydrogens (tertiary/aromatic N) is 3. The number of nitro groups is 1. The highest BCUT2D eigenvalue weighted by Crippen LogP contribution is 2.29. The second-order valence-corrected chi connectivity index (χ2v) is 6.43. The van der Waals surface area contributed by atoms with E-state index >= 15 is 0 Å². The Balaban J connectivity index is 1.80. The second kappa shape index (κ2) is 6.96. The Labute approximate surface area is 159 Å². The van der Waals surface area contributed by atoms with Gasteiger partial charge in [-0.1, -0.05) is 42.5 Å². The molecule has 0 spiro atoms. The van der Waals surface area contributed by atoms with E-state index in [1.807, 2.05) is 30.3 Å². The fourth-order valence-corrected chi connectivity index (χ4v) is 3.11. The molecule has 0 radical (unpaired) electrons. The van der Waals surface area contributed by atoms with Crippen molar-refractivity contribution in [3.8, 4) is 11.1 Å². The third-order valence-corrected chi connectivity index (χ3v) is 4.58. The number of anilines is 1. The first-order chi connectivity index (χ1) is 13.5. The summed E-state index contributed by atoms with van der Waals surface area (Å²) in [5.74, 6) is 0. The van der Waals surface area contributed by atoms with Gasteiger partial charge in [0.25, 0.3) is 11.2 Å². The molecule has 0 unspecified atom stereocenters. The van der Waals surface area contributed by atoms with E-state index < -0.39 is 4.92 Å². The highest BCUT2D eigenvalue weighted by atomic mass is 16.6. The molecule has 0 saturated heterocycles. The van der Waals surface area contributed by atoms with Gasteiger partial charge in [0, 0.05) is 6.07 Å². The molecule has 4 aromatic rings. The molecule has 0 amide bonds. The lowest BCUT2D eigenvalue weighted by Gasteiger charge is -2.08. The number of benzene rings is 3. The van der Waals surface area contributed by atoms with E-state index in [9.17, 15) is 14.9 Å². The van der Waals surface area contributed by atoms with Crippen LogP contribution in [0.2, 0.25) is 0 Å². The van der Waals surface area contributed by atoms with E-state index in [-0.39, 0.29) is 16.9 Å². The standard InChI is InChI=1S/C21H16N4O3/c22-18-8-6-16(11-20(18)25(27)28)15-7-9-19-17(10-15)21(26)24(13-23-19)12-14-4-2-1-3-5-14/h1-11,13H,12,22H2. The highest BCUT2D eigenvalue weighted by Gasteiger charge is 2.14. The van der Waals surface area contributed by atoms with Gasteiger partial charge in [-0.05, 0) is 34.9 Å². The Morgan fingerprint density at radius 3 is 2.46 bits per heavy atom. The van der Waals surface area contributed by atoms with Gasteiger partial charge in [0.2, 0.25) is 0 Å². The number of hydrogen-bond donors (Lipinski definition) is 1. The lowest BCUT2D eigenvalue weighted by atomic mass is 10.0. The molecule has 2 N–H and O–H groups in total. The van der Waals surface area contributed by atoms with Crippen LogP contribution in [0.5, 0.6) is 0 Å². The largest absolute Gasteiger partial charge is 0.393 e. The quantitative estimate of drug-likeness (QED) is 0.335. The lowest BCUT2D eigenvalue weighted by Crippen LogP contribution is -2.21. The zero-order chi connectivity index (χ0) is 19.7. The molecule has 3 aromatic carbocycles. The smallest absolute Gasteiger partial charge is 0.292 e. The molecule has 7 nitrogen and oxygen atoms in total. The highest BCUT2D eigenvalue weighted by molar-refractivity contribution is 5.84. The summed E-state index contributed by atoms with van der Waals surface area (Å²) >= 11 is 0. The van der Waals surface area contributed by atoms with E-state index in [1.165, 1.54) is 18.5 Å². The lowest BCUT2D eigenvalue weighted by molar-refractivity contribution is -0.383. The summed E-state index contributed by atoms with van der Waals surface area (Å²) in [5.41, 5.74) is 8.31. The fraction of sp³-hybridized carbons (Fsp3) is 0.0476. The van der Waals surface area contributed by atoms with E-state index in [0.717, 1.165) is 5.56 Å². The van der Waals surface area contributed by atoms with E-state index in [4.69, 9.17) is 5.73 Å². The van der Waals surface area contributed by atoms with Crippen LogP contribution < -0.4 is 11.3 Å². The summed E-state index contributed by atoms with van der Waals surface area (Å²) in [7, 11) is 0. The molecular formula is C21H16N4O3. The van der Waals surface area contributed by atoms with Crippen LogP contribution in [0.15, 0.2) is 77.9 Å². The summed E-state index contributed by atoms with van der Waals surface area (Å²) < 4.78 is 1.55. The minimum absolute atomic E-state index is 0.0985. The maximum absolute atomic E-state index is 12.9. The molecule has 4 rings (SSSR count). The van der Waals surface area contributed by atoms with Crippen LogP contribution in [-0.4, -0.2) is 14.5 Å². The predicted octanol–water partition coefficient (Wildman–Crippen LogP) is 3.60. The van der Waals surface area contributed by atoms with Crippen LogP contribution in [0.25, 0.3) is 22.0 Å². The van der Waals surface area contributed by atoms with E-state index in [0.29, 0.717) is 28.6 Å². The van der Waals surface area contributed by atoms with Crippen molar-refractivity contribution in [1.82, 2.24) is 9.55 Å². The molecule has 0 aliphatic heterocycles. The van der Waals surface area contributed by atoms with Crippen molar-refractivity contribution < 1.29 is 4.92 Å². The average Bonchev–Trinajstić information content (AvgIpc) is 2.71. The number of aromatic nitrogens is 2. The van der Waals surface area contributed by atoms with Crippen molar-refractivity contribution in [1.29, 1.82) is 0 Å². The van der Waals surface area contributed by atoms with Gasteiger partial charge >= 0.3 is 0 Å². The van der Waals surface area contributed by atoms with Crippen LogP contribution in [0.1, 0.15) is 5.56 Å². The number of nitrogens with two attached hydrogens (primary N) is 1. The number of nitro benzene ring substituents is 1. The normalized spacial score (nSPS) is 10.9. The van der Waals surface area contributed by atoms with Crippen LogP contribution in [0, 0.1) is 10.1 Å². The second-order valence-electron chi connectivity index (χ2n) is 6.43. The zero-order valence-electron chi connectivity index (χ0n) is 14.8. The molecule has 0 fully saturated rings. The van der Waals surface area contributed by atoms with Crippen LogP contribution in [0.4, 0.5) is 11.4 Å². The SMILES string of the molecule is Nc1ccc(-c2ccc3ncn(Cc4ccccc4)c(=O)c3c2)cc1[N+](=O)[O-]. The van der Waals surface area contributed by atoms with E-state index in [1.54, 1.807) is 28.8 Å². The van der Waals surface area contributed by atoms with Crippen molar-refractivity contribution in [2.45, 2.75) is 6.54 Å². The molecule has 28 heavy (non-hydrogen) atoms. The minimum atomic E-state index is -0.520. The first-order valence-electron chi connectivity index (χ1n) is 8.60. The van der Waals surface area contributed by atoms with Crippen molar-refractivity contribution in [3.63, 3.8) is 0 Å². The molecule has 138 valence electrons. The van der Waals surface area contributed by atoms with Crippen molar-refractivity contribution in [2.75, 3.05) is 5.73 Å². The summed E-state index contributed by atoms with van der Waals surface area (Å²) in [6.07, 6.45) is 1.53. The third kappa shape index (κ3) is 3.21. The molecular weight excluding hydrogens is 356 g/mol.